The van der Waals surface area contributed by atoms with Crippen molar-refractivity contribution in [1.29, 1.82) is 0 Å². The van der Waals surface area contributed by atoms with E-state index in [1.165, 1.54) is 0 Å². The van der Waals surface area contributed by atoms with Gasteiger partial charge in [0.05, 0.1) is 0 Å². The van der Waals surface area contributed by atoms with Gasteiger partial charge in [0, 0.05) is 24.9 Å². The molecule has 2 rings (SSSR count). The molecule has 1 amide bonds. The van der Waals surface area contributed by atoms with Crippen LogP contribution in [0.2, 0.25) is 0 Å². The molecule has 0 N–H and O–H groups in total. The molecule has 0 aliphatic carbocycles. The van der Waals surface area contributed by atoms with E-state index < -0.39 is 0 Å². The maximum atomic E-state index is 11.8. The van der Waals surface area contributed by atoms with E-state index in [4.69, 9.17) is 4.42 Å². The Morgan fingerprint density at radius 3 is 2.71 bits per heavy atom. The second-order valence-corrected chi connectivity index (χ2v) is 4.39. The average molecular weight is 250 g/mol. The van der Waals surface area contributed by atoms with Gasteiger partial charge >= 0.3 is 0 Å². The van der Waals surface area contributed by atoms with Crippen molar-refractivity contribution >= 4 is 28.1 Å². The van der Waals surface area contributed by atoms with Crippen molar-refractivity contribution in [3.05, 3.63) is 24.3 Å². The number of oxazole rings is 1. The number of para-hydroxylation sites is 2. The van der Waals surface area contributed by atoms with Crippen LogP contribution >= 0.6 is 11.8 Å². The molecule has 90 valence electrons. The molecule has 0 saturated carbocycles. The average Bonchev–Trinajstić information content (AvgIpc) is 2.72. The first-order chi connectivity index (χ1) is 8.24. The molecule has 0 spiro atoms. The van der Waals surface area contributed by atoms with Gasteiger partial charge in [0.1, 0.15) is 5.52 Å². The summed E-state index contributed by atoms with van der Waals surface area (Å²) >= 11 is 1.04. The van der Waals surface area contributed by atoms with Gasteiger partial charge in [-0.25, -0.2) is 4.98 Å². The fourth-order valence-electron chi connectivity index (χ4n) is 1.52. The van der Waals surface area contributed by atoms with Crippen LogP contribution in [0.1, 0.15) is 13.8 Å². The van der Waals surface area contributed by atoms with Crippen molar-refractivity contribution in [2.24, 2.45) is 0 Å². The number of aromatic nitrogens is 1. The highest BCUT2D eigenvalue weighted by molar-refractivity contribution is 8.13. The summed E-state index contributed by atoms with van der Waals surface area (Å²) in [6.45, 7) is 5.30. The molecule has 0 aliphatic rings. The highest BCUT2D eigenvalue weighted by atomic mass is 32.2. The van der Waals surface area contributed by atoms with Gasteiger partial charge in [-0.2, -0.15) is 0 Å². The molecule has 5 heteroatoms. The Morgan fingerprint density at radius 1 is 1.35 bits per heavy atom. The summed E-state index contributed by atoms with van der Waals surface area (Å²) in [6, 6.07) is 7.48. The quantitative estimate of drug-likeness (QED) is 0.783. The molecule has 0 saturated heterocycles. The van der Waals surface area contributed by atoms with Crippen molar-refractivity contribution in [2.75, 3.05) is 13.1 Å². The van der Waals surface area contributed by atoms with Crippen LogP contribution in [0.25, 0.3) is 11.1 Å². The number of hydrogen-bond acceptors (Lipinski definition) is 4. The van der Waals surface area contributed by atoms with Gasteiger partial charge in [0.2, 0.25) is 0 Å². The molecule has 17 heavy (non-hydrogen) atoms. The highest BCUT2D eigenvalue weighted by Gasteiger charge is 2.15. The van der Waals surface area contributed by atoms with Crippen LogP contribution in [0.15, 0.2) is 33.9 Å². The number of benzene rings is 1. The molecule has 1 aromatic carbocycles. The number of carbonyl (C=O) groups is 1. The normalized spacial score (nSPS) is 10.7. The molecule has 0 atom stereocenters. The summed E-state index contributed by atoms with van der Waals surface area (Å²) in [5.41, 5.74) is 1.49. The first-order valence-electron chi connectivity index (χ1n) is 5.57. The summed E-state index contributed by atoms with van der Waals surface area (Å²) in [5, 5.41) is 0.379. The third kappa shape index (κ3) is 2.61. The van der Waals surface area contributed by atoms with Crippen molar-refractivity contribution < 1.29 is 9.21 Å². The van der Waals surface area contributed by atoms with Gasteiger partial charge in [0.25, 0.3) is 10.5 Å². The first kappa shape index (κ1) is 12.0. The van der Waals surface area contributed by atoms with Crippen molar-refractivity contribution in [3.8, 4) is 0 Å². The Labute approximate surface area is 104 Å². The standard InChI is InChI=1S/C12H14N2O2S/c1-3-14(4-2)12(15)17-11-13-9-7-5-6-8-10(9)16-11/h5-8H,3-4H2,1-2H3. The molecule has 1 aromatic heterocycles. The molecule has 0 fully saturated rings. The minimum Gasteiger partial charge on any atom is -0.431 e. The largest absolute Gasteiger partial charge is 0.431 e. The maximum Gasteiger partial charge on any atom is 0.290 e. The van der Waals surface area contributed by atoms with Crippen LogP contribution in [0.5, 0.6) is 0 Å². The Kier molecular flexibility index (Phi) is 3.68. The molecule has 4 nitrogen and oxygen atoms in total. The van der Waals surface area contributed by atoms with Crippen LogP contribution in [-0.4, -0.2) is 28.2 Å². The van der Waals surface area contributed by atoms with Crippen molar-refractivity contribution in [1.82, 2.24) is 9.88 Å². The zero-order valence-corrected chi connectivity index (χ0v) is 10.7. The molecule has 0 aliphatic heterocycles. The molecule has 2 aromatic rings. The molecule has 1 heterocycles. The third-order valence-electron chi connectivity index (χ3n) is 2.47. The van der Waals surface area contributed by atoms with E-state index in [1.807, 2.05) is 38.1 Å². The topological polar surface area (TPSA) is 46.3 Å². The van der Waals surface area contributed by atoms with E-state index in [1.54, 1.807) is 4.90 Å². The number of fused-ring (bicyclic) bond motifs is 1. The molecule has 0 unspecified atom stereocenters. The Balaban J connectivity index is 2.15. The SMILES string of the molecule is CCN(CC)C(=O)Sc1nc2ccccc2o1. The number of thioether (sulfide) groups is 1. The summed E-state index contributed by atoms with van der Waals surface area (Å²) in [4.78, 5) is 17.8. The lowest BCUT2D eigenvalue weighted by Crippen LogP contribution is -2.26. The third-order valence-corrected chi connectivity index (χ3v) is 3.25. The van der Waals surface area contributed by atoms with Gasteiger partial charge in [-0.15, -0.1) is 0 Å². The van der Waals surface area contributed by atoms with E-state index in [-0.39, 0.29) is 5.24 Å². The van der Waals surface area contributed by atoms with Crippen LogP contribution < -0.4 is 0 Å². The molecule has 0 radical (unpaired) electrons. The molecule has 0 bridgehead atoms. The van der Waals surface area contributed by atoms with Crippen LogP contribution in [0.3, 0.4) is 0 Å². The second kappa shape index (κ2) is 5.23. The van der Waals surface area contributed by atoms with E-state index in [9.17, 15) is 4.79 Å². The molecular formula is C12H14N2O2S. The van der Waals surface area contributed by atoms with E-state index in [2.05, 4.69) is 4.98 Å². The summed E-state index contributed by atoms with van der Waals surface area (Å²) < 4.78 is 5.48. The number of hydrogen-bond donors (Lipinski definition) is 0. The predicted octanol–water partition coefficient (Wildman–Crippen LogP) is 3.38. The Hall–Kier alpha value is -1.49. The fourth-order valence-corrected chi connectivity index (χ4v) is 2.33. The first-order valence-corrected chi connectivity index (χ1v) is 6.38. The van der Waals surface area contributed by atoms with Crippen molar-refractivity contribution in [2.45, 2.75) is 19.1 Å². The Bertz CT molecular complexity index is 487. The van der Waals surface area contributed by atoms with Crippen molar-refractivity contribution in [3.63, 3.8) is 0 Å². The summed E-state index contributed by atoms with van der Waals surface area (Å²) in [7, 11) is 0. The number of amides is 1. The van der Waals surface area contributed by atoms with Gasteiger partial charge in [-0.05, 0) is 26.0 Å². The van der Waals surface area contributed by atoms with Gasteiger partial charge < -0.3 is 9.32 Å². The monoisotopic (exact) mass is 250 g/mol. The van der Waals surface area contributed by atoms with Crippen LogP contribution in [0.4, 0.5) is 4.79 Å². The number of carbonyl (C=O) groups excluding carboxylic acids is 1. The zero-order chi connectivity index (χ0) is 12.3. The second-order valence-electron chi connectivity index (χ2n) is 3.49. The van der Waals surface area contributed by atoms with Gasteiger partial charge in [-0.3, -0.25) is 4.79 Å². The minimum atomic E-state index is -0.0263. The van der Waals surface area contributed by atoms with Gasteiger partial charge in [0.15, 0.2) is 5.58 Å². The molecular weight excluding hydrogens is 236 g/mol. The summed E-state index contributed by atoms with van der Waals surface area (Å²) in [6.07, 6.45) is 0. The van der Waals surface area contributed by atoms with Crippen LogP contribution in [0, 0.1) is 0 Å². The summed E-state index contributed by atoms with van der Waals surface area (Å²) in [5.74, 6) is 0. The van der Waals surface area contributed by atoms with E-state index >= 15 is 0 Å². The predicted molar refractivity (Wildman–Crippen MR) is 68.2 cm³/mol. The minimum absolute atomic E-state index is 0.0263. The Morgan fingerprint density at radius 2 is 2.06 bits per heavy atom. The van der Waals surface area contributed by atoms with E-state index in [0.717, 1.165) is 17.3 Å². The van der Waals surface area contributed by atoms with Crippen LogP contribution in [-0.2, 0) is 0 Å². The lowest BCUT2D eigenvalue weighted by molar-refractivity contribution is 0.228. The lowest BCUT2D eigenvalue weighted by atomic mass is 10.3. The highest BCUT2D eigenvalue weighted by Crippen LogP contribution is 2.25. The number of rotatable bonds is 3. The zero-order valence-electron chi connectivity index (χ0n) is 9.84. The van der Waals surface area contributed by atoms with Gasteiger partial charge in [-0.1, -0.05) is 12.1 Å². The lowest BCUT2D eigenvalue weighted by Gasteiger charge is -2.16. The number of nitrogens with zero attached hydrogens (tertiary/aromatic N) is 2. The fraction of sp³-hybridized carbons (Fsp3) is 0.333. The smallest absolute Gasteiger partial charge is 0.290 e. The maximum absolute atomic E-state index is 11.8. The van der Waals surface area contributed by atoms with E-state index in [0.29, 0.717) is 23.9 Å².